The van der Waals surface area contributed by atoms with E-state index in [0.717, 1.165) is 18.1 Å². The van der Waals surface area contributed by atoms with Crippen LogP contribution >= 0.6 is 23.4 Å². The Kier molecular flexibility index (Phi) is 5.04. The molecule has 2 nitrogen and oxygen atoms in total. The van der Waals surface area contributed by atoms with Gasteiger partial charge in [-0.15, -0.1) is 0 Å². The number of nitrogens with one attached hydrogen (secondary N) is 1. The van der Waals surface area contributed by atoms with Crippen molar-refractivity contribution < 1.29 is 0 Å². The maximum atomic E-state index is 6.48. The van der Waals surface area contributed by atoms with Crippen molar-refractivity contribution in [2.24, 2.45) is 0 Å². The molecule has 1 saturated heterocycles. The fourth-order valence-corrected chi connectivity index (χ4v) is 4.22. The normalized spacial score (nSPS) is 25.4. The van der Waals surface area contributed by atoms with Gasteiger partial charge in [-0.05, 0) is 31.7 Å². The summed E-state index contributed by atoms with van der Waals surface area (Å²) in [5, 5.41) is 5.44. The Labute approximate surface area is 125 Å². The van der Waals surface area contributed by atoms with Gasteiger partial charge in [-0.2, -0.15) is 11.8 Å². The van der Waals surface area contributed by atoms with E-state index in [4.69, 9.17) is 11.6 Å². The van der Waals surface area contributed by atoms with Crippen molar-refractivity contribution in [1.29, 1.82) is 0 Å². The molecule has 0 aromatic heterocycles. The van der Waals surface area contributed by atoms with Gasteiger partial charge in [0.1, 0.15) is 0 Å². The summed E-state index contributed by atoms with van der Waals surface area (Å²) in [5.74, 6) is 0. The lowest BCUT2D eigenvalue weighted by Crippen LogP contribution is -2.40. The summed E-state index contributed by atoms with van der Waals surface area (Å²) in [4.78, 5) is 2.42. The average Bonchev–Trinajstić information content (AvgIpc) is 2.36. The standard InChI is InChI=1S/C15H23ClN2S/c1-10-8-18(9-11(2)19-10)15-6-5-13(7-14(15)16)12(3)17-4/h5-7,10-12,17H,8-9H2,1-4H3. The van der Waals surface area contributed by atoms with Crippen molar-refractivity contribution in [2.45, 2.75) is 37.3 Å². The van der Waals surface area contributed by atoms with Crippen LogP contribution in [0.2, 0.25) is 5.02 Å². The molecule has 1 N–H and O–H groups in total. The van der Waals surface area contributed by atoms with E-state index >= 15 is 0 Å². The average molecular weight is 299 g/mol. The molecular weight excluding hydrogens is 276 g/mol. The molecule has 0 saturated carbocycles. The van der Waals surface area contributed by atoms with Gasteiger partial charge in [0.25, 0.3) is 0 Å². The molecule has 1 aromatic carbocycles. The molecule has 1 aromatic rings. The quantitative estimate of drug-likeness (QED) is 0.909. The lowest BCUT2D eigenvalue weighted by Gasteiger charge is -2.36. The Bertz CT molecular complexity index is 428. The zero-order valence-corrected chi connectivity index (χ0v) is 13.7. The Balaban J connectivity index is 2.21. The fourth-order valence-electron chi connectivity index (χ4n) is 2.59. The second kappa shape index (κ2) is 6.38. The second-order valence-electron chi connectivity index (χ2n) is 5.38. The van der Waals surface area contributed by atoms with E-state index < -0.39 is 0 Å². The van der Waals surface area contributed by atoms with Crippen molar-refractivity contribution in [3.8, 4) is 0 Å². The van der Waals surface area contributed by atoms with Crippen molar-refractivity contribution in [1.82, 2.24) is 5.32 Å². The number of thioether (sulfide) groups is 1. The highest BCUT2D eigenvalue weighted by Crippen LogP contribution is 2.34. The lowest BCUT2D eigenvalue weighted by atomic mass is 10.1. The molecule has 1 aliphatic heterocycles. The van der Waals surface area contributed by atoms with Gasteiger partial charge < -0.3 is 10.2 Å². The summed E-state index contributed by atoms with van der Waals surface area (Å²) in [6.07, 6.45) is 0. The molecule has 1 heterocycles. The first-order chi connectivity index (χ1) is 9.01. The Morgan fingerprint density at radius 3 is 2.47 bits per heavy atom. The van der Waals surface area contributed by atoms with E-state index in [-0.39, 0.29) is 0 Å². The molecule has 0 bridgehead atoms. The number of anilines is 1. The van der Waals surface area contributed by atoms with E-state index in [1.807, 2.05) is 7.05 Å². The van der Waals surface area contributed by atoms with Gasteiger partial charge in [-0.1, -0.05) is 31.5 Å². The maximum absolute atomic E-state index is 6.48. The molecular formula is C15H23ClN2S. The predicted molar refractivity (Wildman–Crippen MR) is 87.7 cm³/mol. The SMILES string of the molecule is CNC(C)c1ccc(N2CC(C)SC(C)C2)c(Cl)c1. The molecule has 3 unspecified atom stereocenters. The van der Waals surface area contributed by atoms with Crippen LogP contribution in [-0.4, -0.2) is 30.6 Å². The van der Waals surface area contributed by atoms with Crippen LogP contribution in [0.25, 0.3) is 0 Å². The van der Waals surface area contributed by atoms with Crippen LogP contribution in [0.3, 0.4) is 0 Å². The van der Waals surface area contributed by atoms with Crippen LogP contribution < -0.4 is 10.2 Å². The van der Waals surface area contributed by atoms with Crippen LogP contribution in [0.5, 0.6) is 0 Å². The highest BCUT2D eigenvalue weighted by atomic mass is 35.5. The van der Waals surface area contributed by atoms with E-state index in [2.05, 4.69) is 60.9 Å². The van der Waals surface area contributed by atoms with Crippen molar-refractivity contribution >= 4 is 29.1 Å². The van der Waals surface area contributed by atoms with Crippen molar-refractivity contribution in [2.75, 3.05) is 25.0 Å². The first kappa shape index (κ1) is 15.0. The molecule has 106 valence electrons. The first-order valence-corrected chi connectivity index (χ1v) is 8.20. The van der Waals surface area contributed by atoms with Gasteiger partial charge in [-0.25, -0.2) is 0 Å². The minimum Gasteiger partial charge on any atom is -0.368 e. The van der Waals surface area contributed by atoms with Gasteiger partial charge in [0.15, 0.2) is 0 Å². The number of hydrogen-bond donors (Lipinski definition) is 1. The van der Waals surface area contributed by atoms with Crippen LogP contribution in [0.1, 0.15) is 32.4 Å². The molecule has 4 heteroatoms. The first-order valence-electron chi connectivity index (χ1n) is 6.88. The smallest absolute Gasteiger partial charge is 0.0642 e. The van der Waals surface area contributed by atoms with Gasteiger partial charge in [0.2, 0.25) is 0 Å². The minimum absolute atomic E-state index is 0.335. The highest BCUT2D eigenvalue weighted by Gasteiger charge is 2.23. The number of hydrogen-bond acceptors (Lipinski definition) is 3. The molecule has 1 fully saturated rings. The zero-order valence-electron chi connectivity index (χ0n) is 12.1. The number of benzene rings is 1. The summed E-state index contributed by atoms with van der Waals surface area (Å²) >= 11 is 8.55. The molecule has 1 aliphatic rings. The van der Waals surface area contributed by atoms with E-state index in [1.54, 1.807) is 0 Å². The van der Waals surface area contributed by atoms with Crippen molar-refractivity contribution in [3.63, 3.8) is 0 Å². The van der Waals surface area contributed by atoms with Crippen LogP contribution in [0.4, 0.5) is 5.69 Å². The summed E-state index contributed by atoms with van der Waals surface area (Å²) in [7, 11) is 1.97. The zero-order chi connectivity index (χ0) is 14.0. The molecule has 0 aliphatic carbocycles. The van der Waals surface area contributed by atoms with Gasteiger partial charge in [0.05, 0.1) is 10.7 Å². The molecule has 0 radical (unpaired) electrons. The fraction of sp³-hybridized carbons (Fsp3) is 0.600. The third-order valence-electron chi connectivity index (χ3n) is 3.67. The summed E-state index contributed by atoms with van der Waals surface area (Å²) in [5.41, 5.74) is 2.41. The maximum Gasteiger partial charge on any atom is 0.0642 e. The third kappa shape index (κ3) is 3.59. The lowest BCUT2D eigenvalue weighted by molar-refractivity contribution is 0.652. The van der Waals surface area contributed by atoms with Crippen LogP contribution in [0.15, 0.2) is 18.2 Å². The van der Waals surface area contributed by atoms with Crippen LogP contribution in [0, 0.1) is 0 Å². The van der Waals surface area contributed by atoms with E-state index in [9.17, 15) is 0 Å². The number of halogens is 1. The summed E-state index contributed by atoms with van der Waals surface area (Å²) in [6, 6.07) is 6.77. The van der Waals surface area contributed by atoms with Gasteiger partial charge in [0, 0.05) is 29.6 Å². The van der Waals surface area contributed by atoms with Crippen molar-refractivity contribution in [3.05, 3.63) is 28.8 Å². The molecule has 0 amide bonds. The number of nitrogens with zero attached hydrogens (tertiary/aromatic N) is 1. The van der Waals surface area contributed by atoms with Gasteiger partial charge in [-0.3, -0.25) is 0 Å². The molecule has 19 heavy (non-hydrogen) atoms. The Hall–Kier alpha value is -0.380. The largest absolute Gasteiger partial charge is 0.368 e. The minimum atomic E-state index is 0.335. The summed E-state index contributed by atoms with van der Waals surface area (Å²) in [6.45, 7) is 8.88. The molecule has 3 atom stereocenters. The Morgan fingerprint density at radius 1 is 1.32 bits per heavy atom. The van der Waals surface area contributed by atoms with E-state index in [1.165, 1.54) is 11.3 Å². The molecule has 0 spiro atoms. The van der Waals surface area contributed by atoms with Gasteiger partial charge >= 0.3 is 0 Å². The third-order valence-corrected chi connectivity index (χ3v) is 5.20. The summed E-state index contributed by atoms with van der Waals surface area (Å²) < 4.78 is 0. The predicted octanol–water partition coefficient (Wildman–Crippen LogP) is 3.95. The van der Waals surface area contributed by atoms with E-state index in [0.29, 0.717) is 16.5 Å². The monoisotopic (exact) mass is 298 g/mol. The molecule has 2 rings (SSSR count). The highest BCUT2D eigenvalue weighted by molar-refractivity contribution is 8.00. The Morgan fingerprint density at radius 2 is 1.95 bits per heavy atom. The topological polar surface area (TPSA) is 15.3 Å². The van der Waals surface area contributed by atoms with Crippen LogP contribution in [-0.2, 0) is 0 Å². The second-order valence-corrected chi connectivity index (χ2v) is 7.67. The number of rotatable bonds is 3.